The zero-order chi connectivity index (χ0) is 19.2. The van der Waals surface area contributed by atoms with E-state index in [0.29, 0.717) is 11.1 Å². The first-order chi connectivity index (χ1) is 12.4. The number of aromatic hydroxyl groups is 1. The van der Waals surface area contributed by atoms with Crippen LogP contribution < -0.4 is 0 Å². The molecule has 0 bridgehead atoms. The molecule has 0 heterocycles. The zero-order valence-corrected chi connectivity index (χ0v) is 16.8. The molecule has 2 N–H and O–H groups in total. The lowest BCUT2D eigenvalue weighted by atomic mass is 9.94. The Morgan fingerprint density at radius 3 is 2.54 bits per heavy atom. The van der Waals surface area contributed by atoms with Gasteiger partial charge in [-0.2, -0.15) is 0 Å². The van der Waals surface area contributed by atoms with Crippen molar-refractivity contribution in [2.75, 3.05) is 6.61 Å². The fourth-order valence-electron chi connectivity index (χ4n) is 3.19. The van der Waals surface area contributed by atoms with E-state index >= 15 is 0 Å². The number of hydrogen-bond acceptors (Lipinski definition) is 3. The van der Waals surface area contributed by atoms with E-state index < -0.39 is 7.60 Å². The molecule has 0 amide bonds. The predicted molar refractivity (Wildman–Crippen MR) is 107 cm³/mol. The molecule has 2 aromatic rings. The molecule has 0 aliphatic carbocycles. The van der Waals surface area contributed by atoms with Crippen molar-refractivity contribution in [3.8, 4) is 16.9 Å². The van der Waals surface area contributed by atoms with Gasteiger partial charge in [-0.15, -0.1) is 0 Å². The molecule has 1 atom stereocenters. The minimum Gasteiger partial charge on any atom is -0.507 e. The highest BCUT2D eigenvalue weighted by atomic mass is 31.2. The highest BCUT2D eigenvalue weighted by Gasteiger charge is 2.23. The fraction of sp³-hybridized carbons (Fsp3) is 0.429. The van der Waals surface area contributed by atoms with E-state index in [2.05, 4.69) is 6.92 Å². The molecule has 4 nitrogen and oxygen atoms in total. The third-order valence-corrected chi connectivity index (χ3v) is 5.74. The van der Waals surface area contributed by atoms with E-state index in [-0.39, 0.29) is 18.5 Å². The topological polar surface area (TPSA) is 66.8 Å². The van der Waals surface area contributed by atoms with Crippen LogP contribution in [0.5, 0.6) is 5.75 Å². The molecule has 0 saturated carbocycles. The molecule has 2 rings (SSSR count). The van der Waals surface area contributed by atoms with E-state index in [1.54, 1.807) is 13.0 Å². The molecule has 0 fully saturated rings. The molecular weight excluding hydrogens is 347 g/mol. The van der Waals surface area contributed by atoms with Crippen LogP contribution in [0.2, 0.25) is 0 Å². The Hall–Kier alpha value is -1.61. The van der Waals surface area contributed by atoms with Gasteiger partial charge in [0, 0.05) is 5.56 Å². The monoisotopic (exact) mass is 376 g/mol. The molecular formula is C21H29O4P. The Labute approximate surface area is 156 Å². The van der Waals surface area contributed by atoms with Gasteiger partial charge in [0.15, 0.2) is 0 Å². The standard InChI is InChI=1S/C21H29O4P/c1-4-6-7-10-17-13-19(15-26(23,24)25-5-2)21(20(22)14-17)18-11-8-9-16(3)12-18/h8-9,11-14,22H,4-7,10,15H2,1-3H3,(H,23,24). The fourth-order valence-corrected chi connectivity index (χ4v) is 4.37. The van der Waals surface area contributed by atoms with Crippen molar-refractivity contribution in [2.24, 2.45) is 0 Å². The van der Waals surface area contributed by atoms with Crippen LogP contribution in [0.4, 0.5) is 0 Å². The number of unbranched alkanes of at least 4 members (excludes halogenated alkanes) is 2. The van der Waals surface area contributed by atoms with Gasteiger partial charge in [-0.1, -0.05) is 55.7 Å². The van der Waals surface area contributed by atoms with Crippen molar-refractivity contribution >= 4 is 7.60 Å². The molecule has 0 aliphatic rings. The Morgan fingerprint density at radius 2 is 1.88 bits per heavy atom. The number of hydrogen-bond donors (Lipinski definition) is 2. The third kappa shape index (κ3) is 5.70. The van der Waals surface area contributed by atoms with Crippen LogP contribution in [-0.2, 0) is 21.7 Å². The number of phenols is 1. The SMILES string of the molecule is CCCCCc1cc(O)c(-c2cccc(C)c2)c(CP(=O)(O)OCC)c1. The molecule has 0 spiro atoms. The smallest absolute Gasteiger partial charge is 0.332 e. The maximum Gasteiger partial charge on any atom is 0.332 e. The lowest BCUT2D eigenvalue weighted by Crippen LogP contribution is -1.99. The minimum absolute atomic E-state index is 0.112. The molecule has 0 aliphatic heterocycles. The van der Waals surface area contributed by atoms with Crippen molar-refractivity contribution in [1.29, 1.82) is 0 Å². The summed E-state index contributed by atoms with van der Waals surface area (Å²) < 4.78 is 17.4. The van der Waals surface area contributed by atoms with Crippen LogP contribution in [0.25, 0.3) is 11.1 Å². The summed E-state index contributed by atoms with van der Waals surface area (Å²) in [5, 5.41) is 10.7. The van der Waals surface area contributed by atoms with Gasteiger partial charge in [-0.3, -0.25) is 4.57 Å². The van der Waals surface area contributed by atoms with Gasteiger partial charge in [0.1, 0.15) is 5.75 Å². The number of benzene rings is 2. The van der Waals surface area contributed by atoms with E-state index in [9.17, 15) is 14.6 Å². The van der Waals surface area contributed by atoms with Crippen molar-refractivity contribution in [1.82, 2.24) is 0 Å². The quantitative estimate of drug-likeness (QED) is 0.427. The summed E-state index contributed by atoms with van der Waals surface area (Å²) in [6.07, 6.45) is 4.00. The minimum atomic E-state index is -3.76. The highest BCUT2D eigenvalue weighted by molar-refractivity contribution is 7.51. The van der Waals surface area contributed by atoms with Crippen LogP contribution >= 0.6 is 7.60 Å². The second-order valence-corrected chi connectivity index (χ2v) is 8.54. The van der Waals surface area contributed by atoms with E-state index in [0.717, 1.165) is 42.4 Å². The van der Waals surface area contributed by atoms with Crippen molar-refractivity contribution in [3.63, 3.8) is 0 Å². The normalized spacial score (nSPS) is 13.5. The molecule has 0 saturated heterocycles. The van der Waals surface area contributed by atoms with Gasteiger partial charge < -0.3 is 14.5 Å². The van der Waals surface area contributed by atoms with E-state index in [1.807, 2.05) is 37.3 Å². The van der Waals surface area contributed by atoms with E-state index in [4.69, 9.17) is 4.52 Å². The van der Waals surface area contributed by atoms with Gasteiger partial charge in [0.05, 0.1) is 12.8 Å². The molecule has 142 valence electrons. The molecule has 2 aromatic carbocycles. The lowest BCUT2D eigenvalue weighted by molar-refractivity contribution is 0.272. The average molecular weight is 376 g/mol. The van der Waals surface area contributed by atoms with Gasteiger partial charge >= 0.3 is 7.60 Å². The molecule has 5 heteroatoms. The second-order valence-electron chi connectivity index (χ2n) is 6.69. The Kier molecular flexibility index (Phi) is 7.45. The van der Waals surface area contributed by atoms with Gasteiger partial charge in [0.25, 0.3) is 0 Å². The predicted octanol–water partition coefficient (Wildman–Crippen LogP) is 5.82. The van der Waals surface area contributed by atoms with Crippen LogP contribution in [0.1, 0.15) is 49.8 Å². The van der Waals surface area contributed by atoms with Crippen LogP contribution in [0.15, 0.2) is 36.4 Å². The zero-order valence-electron chi connectivity index (χ0n) is 15.9. The first kappa shape index (κ1) is 20.7. The van der Waals surface area contributed by atoms with Gasteiger partial charge in [0.2, 0.25) is 0 Å². The van der Waals surface area contributed by atoms with E-state index in [1.165, 1.54) is 0 Å². The summed E-state index contributed by atoms with van der Waals surface area (Å²) in [7, 11) is -3.76. The van der Waals surface area contributed by atoms with Crippen molar-refractivity contribution < 1.29 is 19.1 Å². The van der Waals surface area contributed by atoms with Crippen molar-refractivity contribution in [3.05, 3.63) is 53.1 Å². The summed E-state index contributed by atoms with van der Waals surface area (Å²) >= 11 is 0. The molecule has 0 aromatic heterocycles. The Bertz CT molecular complexity index is 786. The largest absolute Gasteiger partial charge is 0.507 e. The van der Waals surface area contributed by atoms with Gasteiger partial charge in [-0.25, -0.2) is 0 Å². The van der Waals surface area contributed by atoms with Crippen molar-refractivity contribution in [2.45, 2.75) is 52.6 Å². The number of rotatable bonds is 9. The Balaban J connectivity index is 2.49. The summed E-state index contributed by atoms with van der Waals surface area (Å²) in [5.41, 5.74) is 4.16. The number of phenolic OH excluding ortho intramolecular Hbond substituents is 1. The number of aryl methyl sites for hydroxylation is 2. The summed E-state index contributed by atoms with van der Waals surface area (Å²) in [6, 6.07) is 11.5. The first-order valence-electron chi connectivity index (χ1n) is 9.24. The molecule has 0 radical (unpaired) electrons. The average Bonchev–Trinajstić information content (AvgIpc) is 2.54. The summed E-state index contributed by atoms with van der Waals surface area (Å²) in [4.78, 5) is 10.1. The molecule has 26 heavy (non-hydrogen) atoms. The highest BCUT2D eigenvalue weighted by Crippen LogP contribution is 2.49. The lowest BCUT2D eigenvalue weighted by Gasteiger charge is -2.17. The van der Waals surface area contributed by atoms with Gasteiger partial charge in [-0.05, 0) is 49.4 Å². The Morgan fingerprint density at radius 1 is 1.12 bits per heavy atom. The maximum absolute atomic E-state index is 12.4. The maximum atomic E-state index is 12.4. The second kappa shape index (κ2) is 9.36. The first-order valence-corrected chi connectivity index (χ1v) is 11.0. The molecule has 1 unspecified atom stereocenters. The van der Waals surface area contributed by atoms with Crippen LogP contribution in [0, 0.1) is 6.92 Å². The van der Waals surface area contributed by atoms with Crippen LogP contribution in [-0.4, -0.2) is 16.6 Å². The summed E-state index contributed by atoms with van der Waals surface area (Å²) in [6.45, 7) is 6.00. The van der Waals surface area contributed by atoms with Crippen LogP contribution in [0.3, 0.4) is 0 Å². The summed E-state index contributed by atoms with van der Waals surface area (Å²) in [5.74, 6) is 0.149. The third-order valence-electron chi connectivity index (χ3n) is 4.34.